The number of methoxy groups -OCH3 is 1. The molecule has 1 saturated carbocycles. The molecular formula is C15H20BrNO2. The molecule has 0 unspecified atom stereocenters. The maximum absolute atomic E-state index is 11.2. The number of ketones is 1. The van der Waals surface area contributed by atoms with Crippen LogP contribution in [0, 0.1) is 5.92 Å². The summed E-state index contributed by atoms with van der Waals surface area (Å²) in [5, 5.41) is 3.48. The number of nitrogens with one attached hydrogen (secondary N) is 1. The van der Waals surface area contributed by atoms with Gasteiger partial charge in [-0.3, -0.25) is 4.79 Å². The van der Waals surface area contributed by atoms with Crippen molar-refractivity contribution in [3.8, 4) is 5.75 Å². The Morgan fingerprint density at radius 3 is 2.79 bits per heavy atom. The molecule has 0 heterocycles. The van der Waals surface area contributed by atoms with E-state index in [2.05, 4.69) is 27.3 Å². The van der Waals surface area contributed by atoms with Gasteiger partial charge in [-0.1, -0.05) is 15.9 Å². The van der Waals surface area contributed by atoms with Crippen LogP contribution >= 0.6 is 15.9 Å². The number of halogens is 1. The van der Waals surface area contributed by atoms with E-state index in [-0.39, 0.29) is 0 Å². The predicted molar refractivity (Wildman–Crippen MR) is 79.4 cm³/mol. The van der Waals surface area contributed by atoms with Gasteiger partial charge in [0, 0.05) is 29.4 Å². The molecule has 0 aromatic heterocycles. The van der Waals surface area contributed by atoms with Crippen LogP contribution in [0.15, 0.2) is 22.7 Å². The van der Waals surface area contributed by atoms with Gasteiger partial charge in [-0.15, -0.1) is 0 Å². The fourth-order valence-electron chi connectivity index (χ4n) is 2.50. The fraction of sp³-hybridized carbons (Fsp3) is 0.533. The topological polar surface area (TPSA) is 38.3 Å². The Balaban J connectivity index is 1.82. The van der Waals surface area contributed by atoms with Gasteiger partial charge in [0.15, 0.2) is 0 Å². The van der Waals surface area contributed by atoms with E-state index in [1.54, 1.807) is 7.11 Å². The molecule has 1 aliphatic rings. The fourth-order valence-corrected chi connectivity index (χ4v) is 2.91. The quantitative estimate of drug-likeness (QED) is 0.902. The lowest BCUT2D eigenvalue weighted by Gasteiger charge is -2.21. The Hall–Kier alpha value is -0.870. The van der Waals surface area contributed by atoms with E-state index < -0.39 is 0 Å². The molecular weight excluding hydrogens is 306 g/mol. The number of carbonyl (C=O) groups excluding carboxylic acids is 1. The van der Waals surface area contributed by atoms with Crippen molar-refractivity contribution in [1.29, 1.82) is 0 Å². The van der Waals surface area contributed by atoms with Crippen molar-refractivity contribution in [3.63, 3.8) is 0 Å². The average Bonchev–Trinajstić information content (AvgIpc) is 2.41. The Bertz CT molecular complexity index is 438. The summed E-state index contributed by atoms with van der Waals surface area (Å²) in [6.07, 6.45) is 3.57. The molecule has 1 fully saturated rings. The SMILES string of the molecule is COc1ccc(Br)cc1CNCC1CCC(=O)CC1. The monoisotopic (exact) mass is 325 g/mol. The van der Waals surface area contributed by atoms with Crippen LogP contribution in [0.1, 0.15) is 31.2 Å². The number of hydrogen-bond donors (Lipinski definition) is 1. The highest BCUT2D eigenvalue weighted by Crippen LogP contribution is 2.24. The van der Waals surface area contributed by atoms with Crippen molar-refractivity contribution in [2.24, 2.45) is 5.92 Å². The smallest absolute Gasteiger partial charge is 0.132 e. The lowest BCUT2D eigenvalue weighted by molar-refractivity contribution is -0.120. The minimum absolute atomic E-state index is 0.421. The highest BCUT2D eigenvalue weighted by molar-refractivity contribution is 9.10. The van der Waals surface area contributed by atoms with E-state index >= 15 is 0 Å². The Morgan fingerprint density at radius 1 is 1.37 bits per heavy atom. The van der Waals surface area contributed by atoms with Crippen LogP contribution in [0.4, 0.5) is 0 Å². The minimum atomic E-state index is 0.421. The third-order valence-electron chi connectivity index (χ3n) is 3.65. The van der Waals surface area contributed by atoms with Crippen LogP contribution < -0.4 is 10.1 Å². The van der Waals surface area contributed by atoms with Gasteiger partial charge in [0.05, 0.1) is 7.11 Å². The van der Waals surface area contributed by atoms with Crippen molar-refractivity contribution >= 4 is 21.7 Å². The number of hydrogen-bond acceptors (Lipinski definition) is 3. The maximum Gasteiger partial charge on any atom is 0.132 e. The van der Waals surface area contributed by atoms with Gasteiger partial charge in [-0.2, -0.15) is 0 Å². The molecule has 104 valence electrons. The third-order valence-corrected chi connectivity index (χ3v) is 4.15. The second kappa shape index (κ2) is 7.06. The molecule has 3 nitrogen and oxygen atoms in total. The molecule has 4 heteroatoms. The summed E-state index contributed by atoms with van der Waals surface area (Å²) in [6, 6.07) is 6.03. The molecule has 0 atom stereocenters. The van der Waals surface area contributed by atoms with Gasteiger partial charge in [0.2, 0.25) is 0 Å². The number of carbonyl (C=O) groups is 1. The highest BCUT2D eigenvalue weighted by atomic mass is 79.9. The average molecular weight is 326 g/mol. The van der Waals surface area contributed by atoms with Gasteiger partial charge in [-0.05, 0) is 43.5 Å². The Morgan fingerprint density at radius 2 is 2.11 bits per heavy atom. The molecule has 1 N–H and O–H groups in total. The van der Waals surface area contributed by atoms with Gasteiger partial charge >= 0.3 is 0 Å². The summed E-state index contributed by atoms with van der Waals surface area (Å²) in [5.74, 6) is 1.97. The first-order chi connectivity index (χ1) is 9.19. The lowest BCUT2D eigenvalue weighted by atomic mass is 9.88. The number of rotatable bonds is 5. The Kier molecular flexibility index (Phi) is 5.40. The van der Waals surface area contributed by atoms with Crippen LogP contribution in [0.2, 0.25) is 0 Å². The van der Waals surface area contributed by atoms with Crippen molar-refractivity contribution in [1.82, 2.24) is 5.32 Å². The van der Waals surface area contributed by atoms with Gasteiger partial charge < -0.3 is 10.1 Å². The predicted octanol–water partition coefficient (Wildman–Crippen LogP) is 3.31. The van der Waals surface area contributed by atoms with Gasteiger partial charge in [0.1, 0.15) is 11.5 Å². The maximum atomic E-state index is 11.2. The van der Waals surface area contributed by atoms with E-state index in [0.29, 0.717) is 11.7 Å². The van der Waals surface area contributed by atoms with E-state index in [9.17, 15) is 4.79 Å². The van der Waals surface area contributed by atoms with Crippen LogP contribution in [0.5, 0.6) is 5.75 Å². The molecule has 19 heavy (non-hydrogen) atoms. The lowest BCUT2D eigenvalue weighted by Crippen LogP contribution is -2.26. The number of ether oxygens (including phenoxy) is 1. The summed E-state index contributed by atoms with van der Waals surface area (Å²) in [5.41, 5.74) is 1.16. The molecule has 0 bridgehead atoms. The summed E-state index contributed by atoms with van der Waals surface area (Å²) < 4.78 is 6.41. The summed E-state index contributed by atoms with van der Waals surface area (Å²) in [7, 11) is 1.69. The molecule has 1 aromatic carbocycles. The second-order valence-corrected chi connectivity index (χ2v) is 5.98. The van der Waals surface area contributed by atoms with Crippen LogP contribution in [-0.4, -0.2) is 19.4 Å². The Labute approximate surface area is 122 Å². The number of benzene rings is 1. The molecule has 1 aliphatic carbocycles. The highest BCUT2D eigenvalue weighted by Gasteiger charge is 2.18. The first-order valence-corrected chi connectivity index (χ1v) is 7.53. The van der Waals surface area contributed by atoms with Crippen molar-refractivity contribution in [2.75, 3.05) is 13.7 Å². The second-order valence-electron chi connectivity index (χ2n) is 5.07. The standard InChI is InChI=1S/C15H20BrNO2/c1-19-15-7-4-13(16)8-12(15)10-17-9-11-2-5-14(18)6-3-11/h4,7-8,11,17H,2-3,5-6,9-10H2,1H3. The van der Waals surface area contributed by atoms with E-state index in [1.165, 1.54) is 0 Å². The zero-order valence-electron chi connectivity index (χ0n) is 11.2. The third kappa shape index (κ3) is 4.32. The van der Waals surface area contributed by atoms with Crippen LogP contribution in [-0.2, 0) is 11.3 Å². The van der Waals surface area contributed by atoms with E-state index in [0.717, 1.165) is 54.6 Å². The van der Waals surface area contributed by atoms with E-state index in [1.807, 2.05) is 12.1 Å². The zero-order chi connectivity index (χ0) is 13.7. The number of Topliss-reactive ketones (excluding diaryl/α,β-unsaturated/α-hetero) is 1. The summed E-state index contributed by atoms with van der Waals surface area (Å²) >= 11 is 3.48. The first kappa shape index (κ1) is 14.5. The van der Waals surface area contributed by atoms with Gasteiger partial charge in [0.25, 0.3) is 0 Å². The first-order valence-electron chi connectivity index (χ1n) is 6.74. The molecule has 0 amide bonds. The van der Waals surface area contributed by atoms with E-state index in [4.69, 9.17) is 4.74 Å². The zero-order valence-corrected chi connectivity index (χ0v) is 12.8. The molecule has 0 saturated heterocycles. The van der Waals surface area contributed by atoms with Crippen molar-refractivity contribution < 1.29 is 9.53 Å². The molecule has 2 rings (SSSR count). The van der Waals surface area contributed by atoms with Crippen LogP contribution in [0.25, 0.3) is 0 Å². The van der Waals surface area contributed by atoms with Gasteiger partial charge in [-0.25, -0.2) is 0 Å². The molecule has 0 radical (unpaired) electrons. The summed E-state index contributed by atoms with van der Waals surface area (Å²) in [4.78, 5) is 11.2. The molecule has 0 spiro atoms. The van der Waals surface area contributed by atoms with Crippen molar-refractivity contribution in [2.45, 2.75) is 32.2 Å². The van der Waals surface area contributed by atoms with Crippen molar-refractivity contribution in [3.05, 3.63) is 28.2 Å². The normalized spacial score (nSPS) is 16.6. The summed E-state index contributed by atoms with van der Waals surface area (Å²) in [6.45, 7) is 1.77. The minimum Gasteiger partial charge on any atom is -0.496 e. The van der Waals surface area contributed by atoms with Crippen LogP contribution in [0.3, 0.4) is 0 Å². The molecule has 1 aromatic rings. The molecule has 0 aliphatic heterocycles. The largest absolute Gasteiger partial charge is 0.496 e.